The Labute approximate surface area is 165 Å². The van der Waals surface area contributed by atoms with E-state index in [0.717, 1.165) is 0 Å². The number of hydrogen-bond donors (Lipinski definition) is 1. The summed E-state index contributed by atoms with van der Waals surface area (Å²) in [6.45, 7) is -1.59. The molecule has 1 aliphatic heterocycles. The Morgan fingerprint density at radius 3 is 2.30 bits per heavy atom. The van der Waals surface area contributed by atoms with E-state index in [-0.39, 0.29) is 6.42 Å². The predicted octanol–water partition coefficient (Wildman–Crippen LogP) is 0.238. The van der Waals surface area contributed by atoms with Gasteiger partial charge in [-0.05, 0) is 18.8 Å². The first kappa shape index (κ1) is 23.1. The molecule has 0 radical (unpaired) electrons. The first-order chi connectivity index (χ1) is 13.5. The summed E-state index contributed by atoms with van der Waals surface area (Å²) in [6, 6.07) is 0. The minimum Gasteiger partial charge on any atom is -0.453 e. The third-order valence-electron chi connectivity index (χ3n) is 5.29. The Bertz CT molecular complexity index is 959. The lowest BCUT2D eigenvalue weighted by Crippen LogP contribution is -2.52. The standard InChI is InChI=1S/C13H13F5O10S2/c14-12(15,16)11(13(17,18)30(23,24)25)27-7(19)3-26-10(20)8-4-1-5-6(2-4)29(21,22)28-9(5)8/h4-6,8-9,11H,1-3H2,(H,23,24,25). The summed E-state index contributed by atoms with van der Waals surface area (Å²) in [5, 5.41) is -6.70. The van der Waals surface area contributed by atoms with Crippen molar-refractivity contribution in [2.45, 2.75) is 41.7 Å². The second kappa shape index (κ2) is 6.96. The van der Waals surface area contributed by atoms with Crippen LogP contribution in [0.1, 0.15) is 12.8 Å². The average Bonchev–Trinajstić information content (AvgIpc) is 3.17. The fourth-order valence-corrected chi connectivity index (χ4v) is 6.46. The van der Waals surface area contributed by atoms with Gasteiger partial charge in [0.25, 0.3) is 16.2 Å². The summed E-state index contributed by atoms with van der Waals surface area (Å²) < 4.78 is 131. The van der Waals surface area contributed by atoms with Crippen molar-refractivity contribution in [3.05, 3.63) is 0 Å². The molecule has 1 heterocycles. The second-order valence-corrected chi connectivity index (χ2v) is 10.3. The van der Waals surface area contributed by atoms with Crippen LogP contribution in [0.5, 0.6) is 0 Å². The Hall–Kier alpha value is -1.59. The van der Waals surface area contributed by atoms with E-state index in [1.165, 1.54) is 0 Å². The fraction of sp³-hybridized carbons (Fsp3) is 0.846. The van der Waals surface area contributed by atoms with Crippen molar-refractivity contribution in [1.82, 2.24) is 0 Å². The third kappa shape index (κ3) is 3.75. The summed E-state index contributed by atoms with van der Waals surface area (Å²) in [7, 11) is -10.5. The molecular formula is C13H13F5O10S2. The average molecular weight is 488 g/mol. The maximum Gasteiger partial charge on any atom is 0.432 e. The monoisotopic (exact) mass is 488 g/mol. The molecule has 30 heavy (non-hydrogen) atoms. The van der Waals surface area contributed by atoms with Gasteiger partial charge in [-0.15, -0.1) is 0 Å². The predicted molar refractivity (Wildman–Crippen MR) is 80.7 cm³/mol. The molecule has 2 bridgehead atoms. The van der Waals surface area contributed by atoms with E-state index in [0.29, 0.717) is 6.42 Å². The first-order valence-electron chi connectivity index (χ1n) is 8.16. The molecular weight excluding hydrogens is 475 g/mol. The van der Waals surface area contributed by atoms with Gasteiger partial charge < -0.3 is 9.47 Å². The summed E-state index contributed by atoms with van der Waals surface area (Å²) in [5.74, 6) is -5.46. The lowest BCUT2D eigenvalue weighted by Gasteiger charge is -2.26. The molecule has 6 atom stereocenters. The van der Waals surface area contributed by atoms with Crippen LogP contribution in [-0.4, -0.2) is 68.8 Å². The highest BCUT2D eigenvalue weighted by atomic mass is 32.2. The summed E-state index contributed by atoms with van der Waals surface area (Å²) in [5.41, 5.74) is 0. The van der Waals surface area contributed by atoms with Gasteiger partial charge in [-0.3, -0.25) is 13.5 Å². The molecule has 1 N–H and O–H groups in total. The van der Waals surface area contributed by atoms with Gasteiger partial charge in [0.15, 0.2) is 6.61 Å². The van der Waals surface area contributed by atoms with Gasteiger partial charge in [0, 0.05) is 5.92 Å². The molecule has 10 nitrogen and oxygen atoms in total. The van der Waals surface area contributed by atoms with Gasteiger partial charge >= 0.3 is 33.5 Å². The lowest BCUT2D eigenvalue weighted by molar-refractivity contribution is -0.260. The summed E-state index contributed by atoms with van der Waals surface area (Å²) in [4.78, 5) is 23.6. The highest BCUT2D eigenvalue weighted by molar-refractivity contribution is 7.87. The topological polar surface area (TPSA) is 150 Å². The molecule has 2 aliphatic carbocycles. The molecule has 0 amide bonds. The van der Waals surface area contributed by atoms with Crippen molar-refractivity contribution in [1.29, 1.82) is 0 Å². The van der Waals surface area contributed by atoms with Crippen LogP contribution in [0.25, 0.3) is 0 Å². The molecule has 6 unspecified atom stereocenters. The minimum absolute atomic E-state index is 0.0877. The maximum atomic E-state index is 13.4. The summed E-state index contributed by atoms with van der Waals surface area (Å²) in [6.07, 6.45) is -11.3. The number of alkyl halides is 5. The van der Waals surface area contributed by atoms with Crippen molar-refractivity contribution in [2.75, 3.05) is 6.61 Å². The molecule has 0 aromatic heterocycles. The quantitative estimate of drug-likeness (QED) is 0.238. The Balaban J connectivity index is 1.64. The number of halogens is 5. The number of hydrogen-bond acceptors (Lipinski definition) is 9. The molecule has 3 aliphatic rings. The van der Waals surface area contributed by atoms with E-state index < -0.39 is 85.4 Å². The highest BCUT2D eigenvalue weighted by Gasteiger charge is 2.67. The van der Waals surface area contributed by atoms with Crippen molar-refractivity contribution in [3.63, 3.8) is 0 Å². The van der Waals surface area contributed by atoms with Crippen LogP contribution in [0, 0.1) is 17.8 Å². The van der Waals surface area contributed by atoms with E-state index in [1.54, 1.807) is 0 Å². The minimum atomic E-state index is -6.61. The van der Waals surface area contributed by atoms with Crippen LogP contribution < -0.4 is 0 Å². The Morgan fingerprint density at radius 1 is 1.17 bits per heavy atom. The van der Waals surface area contributed by atoms with E-state index in [2.05, 4.69) is 9.47 Å². The van der Waals surface area contributed by atoms with Gasteiger partial charge in [0.1, 0.15) is 0 Å². The largest absolute Gasteiger partial charge is 0.453 e. The van der Waals surface area contributed by atoms with Crippen LogP contribution in [0.2, 0.25) is 0 Å². The van der Waals surface area contributed by atoms with Gasteiger partial charge in [0.05, 0.1) is 17.3 Å². The number of carbonyl (C=O) groups excluding carboxylic acids is 2. The van der Waals surface area contributed by atoms with E-state index in [4.69, 9.17) is 8.74 Å². The van der Waals surface area contributed by atoms with Crippen LogP contribution in [0.3, 0.4) is 0 Å². The number of esters is 2. The normalized spacial score (nSPS) is 33.3. The van der Waals surface area contributed by atoms with Gasteiger partial charge in [-0.1, -0.05) is 0 Å². The zero-order valence-electron chi connectivity index (χ0n) is 14.4. The van der Waals surface area contributed by atoms with Crippen LogP contribution in [0.15, 0.2) is 0 Å². The van der Waals surface area contributed by atoms with E-state index in [1.807, 2.05) is 0 Å². The molecule has 3 fully saturated rings. The zero-order valence-corrected chi connectivity index (χ0v) is 16.0. The number of rotatable bonds is 6. The van der Waals surface area contributed by atoms with Crippen molar-refractivity contribution < 1.29 is 66.6 Å². The maximum absolute atomic E-state index is 13.4. The molecule has 3 rings (SSSR count). The van der Waals surface area contributed by atoms with Gasteiger partial charge in [0.2, 0.25) is 0 Å². The smallest absolute Gasteiger partial charge is 0.432 e. The molecule has 17 heteroatoms. The fourth-order valence-electron chi connectivity index (χ4n) is 4.11. The van der Waals surface area contributed by atoms with Crippen LogP contribution in [-0.2, 0) is 43.5 Å². The first-order valence-corrected chi connectivity index (χ1v) is 11.1. The Morgan fingerprint density at radius 2 is 1.77 bits per heavy atom. The number of carbonyl (C=O) groups is 2. The van der Waals surface area contributed by atoms with Crippen molar-refractivity contribution >= 4 is 32.2 Å². The molecule has 1 saturated heterocycles. The van der Waals surface area contributed by atoms with Crippen molar-refractivity contribution in [3.8, 4) is 0 Å². The molecule has 2 saturated carbocycles. The van der Waals surface area contributed by atoms with E-state index in [9.17, 15) is 48.4 Å². The second-order valence-electron chi connectivity index (χ2n) is 7.07. The van der Waals surface area contributed by atoms with Crippen LogP contribution >= 0.6 is 0 Å². The summed E-state index contributed by atoms with van der Waals surface area (Å²) >= 11 is 0. The number of fused-ring (bicyclic) bond motifs is 1. The molecule has 0 aromatic rings. The zero-order chi connectivity index (χ0) is 22.9. The molecule has 0 spiro atoms. The highest BCUT2D eigenvalue weighted by Crippen LogP contribution is 2.57. The van der Waals surface area contributed by atoms with E-state index >= 15 is 0 Å². The number of ether oxygens (including phenoxy) is 2. The van der Waals surface area contributed by atoms with Gasteiger partial charge in [-0.2, -0.15) is 38.8 Å². The van der Waals surface area contributed by atoms with Crippen LogP contribution in [0.4, 0.5) is 22.0 Å². The molecule has 0 aromatic carbocycles. The lowest BCUT2D eigenvalue weighted by atomic mass is 9.86. The Kier molecular flexibility index (Phi) is 5.35. The third-order valence-corrected chi connectivity index (χ3v) is 7.96. The van der Waals surface area contributed by atoms with Gasteiger partial charge in [-0.25, -0.2) is 4.79 Å². The molecule has 172 valence electrons. The van der Waals surface area contributed by atoms with Crippen molar-refractivity contribution in [2.24, 2.45) is 17.8 Å². The SMILES string of the molecule is O=C(COC(=O)C1C2CC3C1OS(=O)(=O)C3C2)OC(C(F)(F)F)C(F)(F)S(=O)(=O)O.